The zero-order valence-corrected chi connectivity index (χ0v) is 89.2. The molecular weight excluding hydrogens is 1940 g/mol. The van der Waals surface area contributed by atoms with Crippen molar-refractivity contribution in [3.63, 3.8) is 0 Å². The van der Waals surface area contributed by atoms with Crippen molar-refractivity contribution in [2.24, 2.45) is 29.2 Å². The molecule has 11 rings (SSSR count). The van der Waals surface area contributed by atoms with E-state index in [0.29, 0.717) is 67.0 Å². The van der Waals surface area contributed by atoms with Gasteiger partial charge in [0.1, 0.15) is 76.2 Å². The number of aromatic nitrogens is 1. The average Bonchev–Trinajstić information content (AvgIpc) is 1.57. The number of phenolic OH excluding ortho intramolecular Hbond substituents is 1. The van der Waals surface area contributed by atoms with Crippen molar-refractivity contribution in [1.29, 1.82) is 0 Å². The number of Topliss-reactive ketones (excluding diaryl/α,β-unsaturated/α-hetero) is 1. The van der Waals surface area contributed by atoms with Crippen LogP contribution in [0.15, 0.2) is 151 Å². The lowest BCUT2D eigenvalue weighted by Crippen LogP contribution is -2.60. The molecule has 31 nitrogen and oxygen atoms in total. The number of hydrogen-bond donors (Lipinski definition) is 12. The Hall–Kier alpha value is -10.2. The van der Waals surface area contributed by atoms with Crippen LogP contribution in [-0.4, -0.2) is 239 Å². The van der Waals surface area contributed by atoms with Crippen LogP contribution in [0.3, 0.4) is 0 Å². The van der Waals surface area contributed by atoms with Crippen molar-refractivity contribution in [2.75, 3.05) is 63.6 Å². The number of methoxy groups -OCH3 is 2. The number of rotatable bonds is 41. The number of halogens is 1. The highest BCUT2D eigenvalue weighted by atomic mass is 35.5. The lowest BCUT2D eigenvalue weighted by Gasteiger charge is -2.42. The van der Waals surface area contributed by atoms with E-state index in [1.165, 1.54) is 66.8 Å². The number of unbranched alkanes of at least 4 members (excludes halogenated alkanes) is 8. The van der Waals surface area contributed by atoms with E-state index in [1.54, 1.807) is 76.0 Å². The fourth-order valence-corrected chi connectivity index (χ4v) is 24.6. The highest BCUT2D eigenvalue weighted by Gasteiger charge is 2.65. The zero-order valence-electron chi connectivity index (χ0n) is 85.2. The van der Waals surface area contributed by atoms with Gasteiger partial charge in [-0.05, 0) is 173 Å². The number of allylic oxidation sites excluding steroid dienone is 4. The number of fused-ring (bicyclic) bond motifs is 7. The molecule has 1 aromatic heterocycles. The monoisotopic (exact) mass is 2090 g/mol. The Labute approximate surface area is 872 Å². The average molecular weight is 2090 g/mol. The largest absolute Gasteiger partial charge is 0.508 e. The minimum Gasteiger partial charge on any atom is -0.508 e. The lowest BCUT2D eigenvalue weighted by atomic mass is 9.78. The fourth-order valence-electron chi connectivity index (χ4n) is 19.2. The number of likely N-dealkylation sites (N-methyl/N-ethyl adjacent to an activating group) is 1. The molecule has 5 aromatic carbocycles. The molecule has 36 heteroatoms. The number of epoxide rings is 1. The number of para-hydroxylation sites is 1. The summed E-state index contributed by atoms with van der Waals surface area (Å²) in [6.45, 7) is 13.2. The van der Waals surface area contributed by atoms with E-state index in [9.17, 15) is 39.0 Å². The van der Waals surface area contributed by atoms with E-state index >= 15 is 28.8 Å². The van der Waals surface area contributed by atoms with Crippen LogP contribution in [0.5, 0.6) is 11.5 Å². The maximum absolute atomic E-state index is 15.9. The van der Waals surface area contributed by atoms with Gasteiger partial charge in [0.15, 0.2) is 5.78 Å². The van der Waals surface area contributed by atoms with Gasteiger partial charge in [0.2, 0.25) is 53.2 Å². The number of ketones is 1. The summed E-state index contributed by atoms with van der Waals surface area (Å²) in [5.74, 6) is -10.2. The molecule has 3 fully saturated rings. The third-order valence-corrected chi connectivity index (χ3v) is 34.0. The van der Waals surface area contributed by atoms with E-state index in [0.717, 1.165) is 111 Å². The van der Waals surface area contributed by atoms with Gasteiger partial charge in [-0.3, -0.25) is 52.7 Å². The second-order valence-corrected chi connectivity index (χ2v) is 45.2. The zero-order chi connectivity index (χ0) is 105. The summed E-state index contributed by atoms with van der Waals surface area (Å²) in [6.07, 6.45) is 16.7. The molecule has 6 aromatic rings. The number of benzene rings is 5. The Morgan fingerprint density at radius 3 is 2.21 bits per heavy atom. The first-order valence-electron chi connectivity index (χ1n) is 50.8. The standard InChI is InChI=1S/C109H147ClN12O19S4/c1-12-13-14-15-16-17-18-22-35-78(145-142-51-48-94(125)121(8)69(6)107(135)140-93-60-95(126)122(9)88-55-72(56-90(137-10)97(88)110)52-67(4)31-23-28-40-92(138-11)109(136)61-91(139-96(127)62-109)68(5)99-108(93,7)141-99)47-50-113-84(54-70-32-20-19-21-33-70)103(131)118-86-64-143-144-65-87(105(133)116-83(100(112)128)58-76-63-114-81-38-27-26-37-80(76)81)119-106(134)98(66(2)3)120-102(130)82(39-29-30-49-111)115-104(132)85(57-74-44-43-73-34-24-25-36-79(73)74)117-101(129)75(59-89(86)124)53-71-41-45-77(123)46-42-71/h19-21,23-28,31-34,36-38,41-42,44-46,55-56,63,66,68-69,75,78,82-87,91-93,98-99,113-114,123,136H,12-18,22,29-30,35,39-40,43,47-54,57-62,64-65,111H2,1-11H3,(H2,112,128)(H,115,132)(H,116,133)(H,117,129)(H,118,131)(H,119,134)(H,120,130)/b28-23+,67-31+/t68-,69+,75-,78?,82+,83+,84-,85-,86+,87+,91+,92-,93+,98+,99+,108+,109-/m1/s1. The van der Waals surface area contributed by atoms with Crippen LogP contribution in [-0.2, 0) is 109 Å². The molecule has 14 N–H and O–H groups in total. The number of aromatic amines is 1. The van der Waals surface area contributed by atoms with Gasteiger partial charge in [-0.15, -0.1) is 0 Å². The van der Waals surface area contributed by atoms with Crippen LogP contribution >= 0.6 is 54.8 Å². The van der Waals surface area contributed by atoms with Gasteiger partial charge < -0.3 is 97.4 Å². The maximum atomic E-state index is 15.9. The number of hydrogen-bond acceptors (Lipinski definition) is 25. The number of esters is 2. The smallest absolute Gasteiger partial charge is 0.328 e. The number of aliphatic hydroxyl groups is 1. The van der Waals surface area contributed by atoms with Crippen LogP contribution in [0.4, 0.5) is 5.69 Å². The number of primary amides is 1. The molecule has 4 aliphatic heterocycles. The second kappa shape index (κ2) is 56.3. The predicted octanol–water partition coefficient (Wildman–Crippen LogP) is 13.3. The Morgan fingerprint density at radius 1 is 0.779 bits per heavy atom. The number of anilines is 1. The quantitative estimate of drug-likeness (QED) is 0.00734. The van der Waals surface area contributed by atoms with Gasteiger partial charge in [0, 0.05) is 105 Å². The number of carbonyl (C=O) groups excluding carboxylic acids is 12. The number of ether oxygens (including phenoxy) is 5. The Kier molecular flexibility index (Phi) is 44.6. The summed E-state index contributed by atoms with van der Waals surface area (Å²) in [5.41, 5.74) is 16.6. The van der Waals surface area contributed by atoms with Gasteiger partial charge in [0.05, 0.1) is 49.9 Å². The van der Waals surface area contributed by atoms with E-state index < -0.39 is 180 Å². The minimum absolute atomic E-state index is 0.00749. The predicted molar refractivity (Wildman–Crippen MR) is 572 cm³/mol. The lowest BCUT2D eigenvalue weighted by molar-refractivity contribution is -0.192. The molecule has 3 saturated heterocycles. The van der Waals surface area contributed by atoms with E-state index in [2.05, 4.69) is 49.1 Å². The first-order chi connectivity index (χ1) is 69.5. The SMILES string of the molecule is CCCCCCCCCCC(CCN[C@H](Cc1ccccc1)C(=O)N[C@H]1CSSC[C@@H](C(=O)N[C@@H](Cc2c[nH]c3ccccc23)C(N)=O)NC(=O)[C@H](C(C)C)NC(=O)[C@H](CCCCN)NC(=O)[C@@H](CC2=CCc3ccccc32)NC(=O)[C@H](Cc2ccc(O)cc2)CC1=O)SSCCC(=O)N(C)[C@@H](C)C(=O)O[C@H]1CC(=O)N(C)c2cc(cc(OC)c2Cl)C/C(C)=C/C=C/C[C@@H](OC)[C@]2(O)CC(=O)O[C@@H](C2)[C@@H](C)[C@@H]2O[C@@]12C. The van der Waals surface area contributed by atoms with Crippen molar-refractivity contribution in [2.45, 2.75) is 298 Å². The topological polar surface area (TPSA) is 453 Å². The maximum Gasteiger partial charge on any atom is 0.328 e. The highest BCUT2D eigenvalue weighted by Crippen LogP contribution is 2.51. The number of nitrogens with two attached hydrogens (primary N) is 2. The Morgan fingerprint density at radius 2 is 1.48 bits per heavy atom. The molecule has 4 bridgehead atoms. The number of phenols is 1. The van der Waals surface area contributed by atoms with Crippen molar-refractivity contribution in [1.82, 2.24) is 47.1 Å². The number of carbonyl (C=O) groups is 12. The number of aromatic hydroxyl groups is 1. The van der Waals surface area contributed by atoms with E-state index in [4.69, 9.17) is 46.8 Å². The van der Waals surface area contributed by atoms with Gasteiger partial charge in [-0.1, -0.05) is 249 Å². The highest BCUT2D eigenvalue weighted by molar-refractivity contribution is 8.77. The molecular formula is C109H147ClN12O19S4. The minimum atomic E-state index is -1.62. The number of nitrogens with zero attached hydrogens (tertiary/aromatic N) is 2. The summed E-state index contributed by atoms with van der Waals surface area (Å²) < 4.78 is 30.5. The Balaban J connectivity index is 0.838. The molecule has 17 atom stereocenters. The van der Waals surface area contributed by atoms with Crippen LogP contribution < -0.4 is 58.3 Å². The summed E-state index contributed by atoms with van der Waals surface area (Å²) in [5, 5.41) is 45.0. The van der Waals surface area contributed by atoms with Crippen molar-refractivity contribution < 1.29 is 91.4 Å². The fraction of sp³-hybridized carbons (Fsp3) is 0.541. The molecule has 1 aliphatic carbocycles. The molecule has 0 saturated carbocycles. The molecule has 9 amide bonds. The summed E-state index contributed by atoms with van der Waals surface area (Å²) in [4.78, 5) is 185. The molecule has 5 aliphatic rings. The summed E-state index contributed by atoms with van der Waals surface area (Å²) in [7, 11) is 11.4. The van der Waals surface area contributed by atoms with Crippen molar-refractivity contribution >= 4 is 148 Å². The van der Waals surface area contributed by atoms with Gasteiger partial charge >= 0.3 is 11.9 Å². The first kappa shape index (κ1) is 115. The van der Waals surface area contributed by atoms with E-state index in [-0.39, 0.29) is 97.8 Å². The van der Waals surface area contributed by atoms with Crippen LogP contribution in [0.25, 0.3) is 16.5 Å². The van der Waals surface area contributed by atoms with Gasteiger partial charge in [-0.25, -0.2) is 4.79 Å². The first-order valence-corrected chi connectivity index (χ1v) is 56.1. The third-order valence-electron chi connectivity index (χ3n) is 28.2. The summed E-state index contributed by atoms with van der Waals surface area (Å²) >= 11 is 7.00. The van der Waals surface area contributed by atoms with Gasteiger partial charge in [0.25, 0.3) is 0 Å². The molecule has 5 heterocycles. The molecule has 1 unspecified atom stereocenters. The van der Waals surface area contributed by atoms with Crippen LogP contribution in [0.2, 0.25) is 5.02 Å². The number of amides is 9. The molecule has 0 spiro atoms. The third kappa shape index (κ3) is 33.1. The molecule has 145 heavy (non-hydrogen) atoms. The number of H-pyrrole nitrogens is 1. The molecule has 788 valence electrons. The Bertz CT molecular complexity index is 5520. The van der Waals surface area contributed by atoms with Crippen LogP contribution in [0, 0.1) is 17.8 Å². The molecule has 0 radical (unpaired) electrons. The summed E-state index contributed by atoms with van der Waals surface area (Å²) in [6, 6.07) is 24.1. The second-order valence-electron chi connectivity index (χ2n) is 39.5. The van der Waals surface area contributed by atoms with Gasteiger partial charge in [-0.2, -0.15) is 0 Å². The van der Waals surface area contributed by atoms with Crippen molar-refractivity contribution in [3.05, 3.63) is 190 Å². The number of nitrogens with one attached hydrogen (secondary N) is 8. The van der Waals surface area contributed by atoms with Crippen molar-refractivity contribution in [3.8, 4) is 11.5 Å². The van der Waals surface area contributed by atoms with E-state index in [1.807, 2.05) is 117 Å². The van der Waals surface area contributed by atoms with Crippen LogP contribution in [0.1, 0.15) is 210 Å². The normalized spacial score (nSPS) is 24.7.